The summed E-state index contributed by atoms with van der Waals surface area (Å²) in [5.74, 6) is 0.509. The second kappa shape index (κ2) is 20.9. The maximum atomic E-state index is 6.83. The lowest BCUT2D eigenvalue weighted by molar-refractivity contribution is -0.328. The predicted molar refractivity (Wildman–Crippen MR) is 198 cm³/mol. The van der Waals surface area contributed by atoms with E-state index in [-0.39, 0.29) is 0 Å². The number of hydrogen-bond donors (Lipinski definition) is 0. The third kappa shape index (κ3) is 12.6. The van der Waals surface area contributed by atoms with Gasteiger partial charge in [0.15, 0.2) is 6.29 Å². The van der Waals surface area contributed by atoms with Crippen LogP contribution in [-0.2, 0) is 54.8 Å². The molecule has 1 aliphatic heterocycles. The second-order valence-corrected chi connectivity index (χ2v) is 13.5. The van der Waals surface area contributed by atoms with E-state index in [1.165, 1.54) is 5.57 Å². The summed E-state index contributed by atoms with van der Waals surface area (Å²) >= 11 is 0. The number of allylic oxidation sites excluding steroid dienone is 2. The van der Waals surface area contributed by atoms with Crippen LogP contribution < -0.4 is 0 Å². The van der Waals surface area contributed by atoms with E-state index in [4.69, 9.17) is 28.4 Å². The number of benzene rings is 4. The van der Waals surface area contributed by atoms with Crippen LogP contribution in [0.1, 0.15) is 62.3 Å². The third-order valence-corrected chi connectivity index (χ3v) is 8.95. The van der Waals surface area contributed by atoms with Gasteiger partial charge in [-0.2, -0.15) is 0 Å². The molecule has 266 valence electrons. The quantitative estimate of drug-likeness (QED) is 0.0869. The van der Waals surface area contributed by atoms with Crippen molar-refractivity contribution < 1.29 is 28.4 Å². The highest BCUT2D eigenvalue weighted by molar-refractivity contribution is 5.16. The summed E-state index contributed by atoms with van der Waals surface area (Å²) < 4.78 is 40.1. The Morgan fingerprint density at radius 3 is 1.54 bits per heavy atom. The van der Waals surface area contributed by atoms with Crippen LogP contribution in [-0.4, -0.2) is 43.9 Å². The first-order valence-electron chi connectivity index (χ1n) is 18.0. The molecule has 0 aliphatic carbocycles. The maximum absolute atomic E-state index is 6.83. The first kappa shape index (κ1) is 37.6. The van der Waals surface area contributed by atoms with Gasteiger partial charge in [0.05, 0.1) is 39.6 Å². The van der Waals surface area contributed by atoms with Crippen molar-refractivity contribution in [2.24, 2.45) is 5.92 Å². The second-order valence-electron chi connectivity index (χ2n) is 13.5. The van der Waals surface area contributed by atoms with E-state index < -0.39 is 30.7 Å². The standard InChI is InChI=1S/C44H54O6/c1-34(2)17-16-18-35(3)27-28-46-44-43(49-32-39-25-14-7-15-26-39)42(48-31-38-23-12-6-13-24-38)41(47-30-37-21-10-5-11-22-37)40(50-44)33-45-29-36-19-8-4-9-20-36/h4-15,17,19-26,35,40-44H,16,18,27-33H2,1-3H3/t35-,40?,41-,42?,43?,44-/m1/s1. The molecular formula is C44H54O6. The Balaban J connectivity index is 1.39. The van der Waals surface area contributed by atoms with Crippen LogP contribution in [0, 0.1) is 5.92 Å². The predicted octanol–water partition coefficient (Wildman–Crippen LogP) is 9.47. The lowest BCUT2D eigenvalue weighted by atomic mass is 9.97. The first-order chi connectivity index (χ1) is 24.5. The van der Waals surface area contributed by atoms with E-state index in [9.17, 15) is 0 Å². The fourth-order valence-corrected chi connectivity index (χ4v) is 6.07. The van der Waals surface area contributed by atoms with E-state index in [1.54, 1.807) is 0 Å². The monoisotopic (exact) mass is 678 g/mol. The Morgan fingerprint density at radius 2 is 1.04 bits per heavy atom. The van der Waals surface area contributed by atoms with E-state index in [2.05, 4.69) is 75.4 Å². The van der Waals surface area contributed by atoms with Gasteiger partial charge in [-0.3, -0.25) is 0 Å². The Morgan fingerprint density at radius 1 is 0.580 bits per heavy atom. The molecule has 0 radical (unpaired) electrons. The van der Waals surface area contributed by atoms with Crippen LogP contribution in [0.3, 0.4) is 0 Å². The van der Waals surface area contributed by atoms with Crippen molar-refractivity contribution in [2.75, 3.05) is 13.2 Å². The molecule has 50 heavy (non-hydrogen) atoms. The minimum absolute atomic E-state index is 0.309. The molecule has 1 heterocycles. The highest BCUT2D eigenvalue weighted by Gasteiger charge is 2.49. The van der Waals surface area contributed by atoms with Crippen molar-refractivity contribution in [1.82, 2.24) is 0 Å². The average Bonchev–Trinajstić information content (AvgIpc) is 3.14. The molecule has 6 heteroatoms. The minimum atomic E-state index is -0.675. The van der Waals surface area contributed by atoms with Gasteiger partial charge in [0.2, 0.25) is 0 Å². The Bertz CT molecular complexity index is 1490. The molecule has 0 N–H and O–H groups in total. The molecule has 4 aromatic rings. The molecule has 0 bridgehead atoms. The normalized spacial score (nSPS) is 21.1. The van der Waals surface area contributed by atoms with Gasteiger partial charge in [0, 0.05) is 0 Å². The van der Waals surface area contributed by atoms with Gasteiger partial charge in [-0.1, -0.05) is 140 Å². The SMILES string of the molecule is CC(C)=CCC[C@@H](C)CCO[C@@H]1OC(COCc2ccccc2)[C@@H](OCc2ccccc2)C(OCc2ccccc2)C1OCc1ccccc1. The molecule has 4 aromatic carbocycles. The molecule has 0 aromatic heterocycles. The van der Waals surface area contributed by atoms with E-state index in [1.807, 2.05) is 72.8 Å². The smallest absolute Gasteiger partial charge is 0.186 e. The summed E-state index contributed by atoms with van der Waals surface area (Å²) in [7, 11) is 0. The zero-order chi connectivity index (χ0) is 34.8. The molecule has 1 fully saturated rings. The van der Waals surface area contributed by atoms with E-state index >= 15 is 0 Å². The highest BCUT2D eigenvalue weighted by atomic mass is 16.7. The van der Waals surface area contributed by atoms with Crippen LogP contribution in [0.25, 0.3) is 0 Å². The van der Waals surface area contributed by atoms with Crippen molar-refractivity contribution >= 4 is 0 Å². The van der Waals surface area contributed by atoms with Gasteiger partial charge in [0.1, 0.15) is 24.4 Å². The van der Waals surface area contributed by atoms with Gasteiger partial charge < -0.3 is 28.4 Å². The lowest BCUT2D eigenvalue weighted by Gasteiger charge is -2.46. The molecule has 1 saturated heterocycles. The molecule has 6 atom stereocenters. The van der Waals surface area contributed by atoms with Gasteiger partial charge in [-0.15, -0.1) is 0 Å². The van der Waals surface area contributed by atoms with Gasteiger partial charge in [0.25, 0.3) is 0 Å². The van der Waals surface area contributed by atoms with Crippen LogP contribution in [0.5, 0.6) is 0 Å². The van der Waals surface area contributed by atoms with Crippen LogP contribution in [0.4, 0.5) is 0 Å². The van der Waals surface area contributed by atoms with E-state index in [0.717, 1.165) is 41.5 Å². The van der Waals surface area contributed by atoms with Gasteiger partial charge >= 0.3 is 0 Å². The summed E-state index contributed by atoms with van der Waals surface area (Å²) in [6, 6.07) is 40.8. The molecule has 5 rings (SSSR count). The fourth-order valence-electron chi connectivity index (χ4n) is 6.07. The number of hydrogen-bond acceptors (Lipinski definition) is 6. The molecule has 6 nitrogen and oxygen atoms in total. The van der Waals surface area contributed by atoms with Gasteiger partial charge in [-0.25, -0.2) is 0 Å². The fraction of sp³-hybridized carbons (Fsp3) is 0.409. The molecular weight excluding hydrogens is 624 g/mol. The topological polar surface area (TPSA) is 55.4 Å². The zero-order valence-corrected chi connectivity index (χ0v) is 29.9. The van der Waals surface area contributed by atoms with Gasteiger partial charge in [-0.05, 0) is 61.3 Å². The Kier molecular flexibility index (Phi) is 15.7. The summed E-state index contributed by atoms with van der Waals surface area (Å²) in [6.45, 7) is 9.09. The van der Waals surface area contributed by atoms with Crippen LogP contribution in [0.2, 0.25) is 0 Å². The highest BCUT2D eigenvalue weighted by Crippen LogP contribution is 2.32. The first-order valence-corrected chi connectivity index (χ1v) is 18.0. The van der Waals surface area contributed by atoms with Crippen LogP contribution >= 0.6 is 0 Å². The summed E-state index contributed by atoms with van der Waals surface area (Å²) in [4.78, 5) is 0. The molecule has 0 amide bonds. The summed E-state index contributed by atoms with van der Waals surface area (Å²) in [5.41, 5.74) is 5.66. The number of rotatable bonds is 20. The summed E-state index contributed by atoms with van der Waals surface area (Å²) in [5, 5.41) is 0. The van der Waals surface area contributed by atoms with Crippen molar-refractivity contribution in [3.63, 3.8) is 0 Å². The summed E-state index contributed by atoms with van der Waals surface area (Å²) in [6.07, 6.45) is 2.74. The molecule has 3 unspecified atom stereocenters. The Labute approximate surface area is 299 Å². The third-order valence-electron chi connectivity index (χ3n) is 8.95. The van der Waals surface area contributed by atoms with Crippen molar-refractivity contribution in [1.29, 1.82) is 0 Å². The molecule has 0 spiro atoms. The average molecular weight is 679 g/mol. The van der Waals surface area contributed by atoms with Crippen molar-refractivity contribution in [3.8, 4) is 0 Å². The largest absolute Gasteiger partial charge is 0.374 e. The van der Waals surface area contributed by atoms with E-state index in [0.29, 0.717) is 45.6 Å². The van der Waals surface area contributed by atoms with Crippen molar-refractivity contribution in [3.05, 3.63) is 155 Å². The zero-order valence-electron chi connectivity index (χ0n) is 29.9. The Hall–Kier alpha value is -3.62. The molecule has 0 saturated carbocycles. The number of ether oxygens (including phenoxy) is 6. The minimum Gasteiger partial charge on any atom is -0.374 e. The molecule has 1 aliphatic rings. The van der Waals surface area contributed by atoms with Crippen LogP contribution in [0.15, 0.2) is 133 Å². The lowest BCUT2D eigenvalue weighted by Crippen LogP contribution is -2.61. The van der Waals surface area contributed by atoms with Crippen molar-refractivity contribution in [2.45, 2.75) is 97.2 Å². The maximum Gasteiger partial charge on any atom is 0.186 e.